The summed E-state index contributed by atoms with van der Waals surface area (Å²) in [5.41, 5.74) is 2.02. The molecule has 0 fully saturated rings. The van der Waals surface area contributed by atoms with Crippen molar-refractivity contribution in [3.8, 4) is 17.6 Å². The maximum Gasteiger partial charge on any atom is 0.225 e. The predicted molar refractivity (Wildman–Crippen MR) is 92.5 cm³/mol. The lowest BCUT2D eigenvalue weighted by molar-refractivity contribution is -0.120. The molecule has 0 unspecified atom stereocenters. The number of amides is 1. The van der Waals surface area contributed by atoms with E-state index in [1.807, 2.05) is 36.5 Å². The number of pyridine rings is 1. The van der Waals surface area contributed by atoms with Gasteiger partial charge >= 0.3 is 0 Å². The SMILES string of the molecule is O=C(Cc1c[nH]c2ccccc12)NCC#CCOc1cccnc1. The molecule has 0 spiro atoms. The van der Waals surface area contributed by atoms with E-state index >= 15 is 0 Å². The highest BCUT2D eigenvalue weighted by atomic mass is 16.5. The average molecular weight is 319 g/mol. The summed E-state index contributed by atoms with van der Waals surface area (Å²) in [5.74, 6) is 6.35. The highest BCUT2D eigenvalue weighted by Gasteiger charge is 2.07. The summed E-state index contributed by atoms with van der Waals surface area (Å²) < 4.78 is 5.39. The number of carbonyl (C=O) groups is 1. The van der Waals surface area contributed by atoms with Crippen molar-refractivity contribution in [2.45, 2.75) is 6.42 Å². The highest BCUT2D eigenvalue weighted by molar-refractivity contribution is 5.88. The van der Waals surface area contributed by atoms with Crippen LogP contribution in [0.2, 0.25) is 0 Å². The largest absolute Gasteiger partial charge is 0.479 e. The zero-order valence-electron chi connectivity index (χ0n) is 13.1. The molecule has 5 heteroatoms. The van der Waals surface area contributed by atoms with E-state index < -0.39 is 0 Å². The summed E-state index contributed by atoms with van der Waals surface area (Å²) >= 11 is 0. The molecule has 0 saturated carbocycles. The van der Waals surface area contributed by atoms with Crippen LogP contribution in [0.25, 0.3) is 10.9 Å². The molecule has 0 aliphatic rings. The van der Waals surface area contributed by atoms with Gasteiger partial charge in [-0.3, -0.25) is 9.78 Å². The molecule has 2 heterocycles. The lowest BCUT2D eigenvalue weighted by atomic mass is 10.1. The lowest BCUT2D eigenvalue weighted by Gasteiger charge is -2.01. The minimum atomic E-state index is -0.0535. The average Bonchev–Trinajstić information content (AvgIpc) is 3.02. The molecule has 2 N–H and O–H groups in total. The number of ether oxygens (including phenoxy) is 1. The Kier molecular flexibility index (Phi) is 5.10. The van der Waals surface area contributed by atoms with E-state index in [1.54, 1.807) is 18.5 Å². The fourth-order valence-electron chi connectivity index (χ4n) is 2.32. The molecule has 0 aliphatic carbocycles. The predicted octanol–water partition coefficient (Wildman–Crippen LogP) is 2.30. The number of aromatic amines is 1. The Labute approximate surface area is 140 Å². The van der Waals surface area contributed by atoms with E-state index in [0.717, 1.165) is 16.5 Å². The minimum Gasteiger partial charge on any atom is -0.479 e. The van der Waals surface area contributed by atoms with Crippen LogP contribution in [-0.4, -0.2) is 29.0 Å². The standard InChI is InChI=1S/C19H17N3O2/c23-19(12-15-13-22-18-8-2-1-7-17(15)18)21-10-3-4-11-24-16-6-5-9-20-14-16/h1-2,5-9,13-14,22H,10-12H2,(H,21,23). The van der Waals surface area contributed by atoms with Gasteiger partial charge in [0.25, 0.3) is 0 Å². The summed E-state index contributed by atoms with van der Waals surface area (Å²) in [6.07, 6.45) is 5.52. The number of nitrogens with zero attached hydrogens (tertiary/aromatic N) is 1. The van der Waals surface area contributed by atoms with Gasteiger partial charge in [0.15, 0.2) is 0 Å². The van der Waals surface area contributed by atoms with Crippen molar-refractivity contribution in [1.29, 1.82) is 0 Å². The molecule has 24 heavy (non-hydrogen) atoms. The smallest absolute Gasteiger partial charge is 0.225 e. The van der Waals surface area contributed by atoms with Gasteiger partial charge in [0.1, 0.15) is 12.4 Å². The van der Waals surface area contributed by atoms with Gasteiger partial charge in [-0.05, 0) is 23.8 Å². The van der Waals surface area contributed by atoms with Crippen LogP contribution < -0.4 is 10.1 Å². The Morgan fingerprint density at radius 1 is 1.21 bits per heavy atom. The van der Waals surface area contributed by atoms with Crippen molar-refractivity contribution >= 4 is 16.8 Å². The number of hydrogen-bond donors (Lipinski definition) is 2. The molecule has 0 bridgehead atoms. The highest BCUT2D eigenvalue weighted by Crippen LogP contribution is 2.17. The first-order chi connectivity index (χ1) is 11.8. The van der Waals surface area contributed by atoms with E-state index in [9.17, 15) is 4.79 Å². The van der Waals surface area contributed by atoms with Crippen molar-refractivity contribution in [3.63, 3.8) is 0 Å². The van der Waals surface area contributed by atoms with Crippen LogP contribution in [0.15, 0.2) is 55.0 Å². The number of benzene rings is 1. The molecular formula is C19H17N3O2. The molecule has 1 amide bonds. The maximum absolute atomic E-state index is 12.0. The zero-order valence-corrected chi connectivity index (χ0v) is 13.1. The number of rotatable bonds is 5. The summed E-state index contributed by atoms with van der Waals surface area (Å²) in [6.45, 7) is 0.571. The third kappa shape index (κ3) is 4.14. The summed E-state index contributed by atoms with van der Waals surface area (Å²) in [6, 6.07) is 11.5. The van der Waals surface area contributed by atoms with Gasteiger partial charge < -0.3 is 15.0 Å². The number of para-hydroxylation sites is 1. The molecule has 2 aromatic heterocycles. The third-order valence-electron chi connectivity index (χ3n) is 3.47. The zero-order chi connectivity index (χ0) is 16.6. The topological polar surface area (TPSA) is 67.0 Å². The second kappa shape index (κ2) is 7.84. The van der Waals surface area contributed by atoms with Crippen LogP contribution in [0.4, 0.5) is 0 Å². The molecule has 1 aromatic carbocycles. The molecule has 5 nitrogen and oxygen atoms in total. The first kappa shape index (κ1) is 15.6. The van der Waals surface area contributed by atoms with Gasteiger partial charge in [-0.15, -0.1) is 0 Å². The Morgan fingerprint density at radius 2 is 2.12 bits per heavy atom. The fourth-order valence-corrected chi connectivity index (χ4v) is 2.32. The van der Waals surface area contributed by atoms with Crippen molar-refractivity contribution in [2.75, 3.05) is 13.2 Å². The van der Waals surface area contributed by atoms with Gasteiger partial charge in [-0.2, -0.15) is 0 Å². The summed E-state index contributed by atoms with van der Waals surface area (Å²) in [4.78, 5) is 19.1. The van der Waals surface area contributed by atoms with Crippen LogP contribution in [0, 0.1) is 11.8 Å². The Morgan fingerprint density at radius 3 is 3.00 bits per heavy atom. The molecular weight excluding hydrogens is 302 g/mol. The van der Waals surface area contributed by atoms with Crippen molar-refractivity contribution in [3.05, 3.63) is 60.6 Å². The summed E-state index contributed by atoms with van der Waals surface area (Å²) in [7, 11) is 0. The fraction of sp³-hybridized carbons (Fsp3) is 0.158. The van der Waals surface area contributed by atoms with E-state index in [1.165, 1.54) is 0 Å². The third-order valence-corrected chi connectivity index (χ3v) is 3.47. The summed E-state index contributed by atoms with van der Waals surface area (Å²) in [5, 5.41) is 3.86. The van der Waals surface area contributed by atoms with E-state index in [2.05, 4.69) is 27.1 Å². The van der Waals surface area contributed by atoms with Crippen LogP contribution in [-0.2, 0) is 11.2 Å². The first-order valence-corrected chi connectivity index (χ1v) is 7.63. The Hall–Kier alpha value is -3.26. The van der Waals surface area contributed by atoms with Gasteiger partial charge in [0.2, 0.25) is 5.91 Å². The van der Waals surface area contributed by atoms with E-state index in [4.69, 9.17) is 4.74 Å². The number of hydrogen-bond acceptors (Lipinski definition) is 3. The van der Waals surface area contributed by atoms with Gasteiger partial charge in [-0.1, -0.05) is 30.0 Å². The first-order valence-electron chi connectivity index (χ1n) is 7.63. The number of aromatic nitrogens is 2. The Balaban J connectivity index is 1.42. The molecule has 3 rings (SSSR count). The Bertz CT molecular complexity index is 876. The molecule has 0 radical (unpaired) electrons. The number of carbonyl (C=O) groups excluding carboxylic acids is 1. The quantitative estimate of drug-likeness (QED) is 0.709. The van der Waals surface area contributed by atoms with Gasteiger partial charge in [0, 0.05) is 23.3 Å². The minimum absolute atomic E-state index is 0.0535. The van der Waals surface area contributed by atoms with Crippen LogP contribution in [0.1, 0.15) is 5.56 Å². The van der Waals surface area contributed by atoms with Crippen molar-refractivity contribution < 1.29 is 9.53 Å². The second-order valence-electron chi connectivity index (χ2n) is 5.14. The lowest BCUT2D eigenvalue weighted by Crippen LogP contribution is -2.25. The number of nitrogens with one attached hydrogen (secondary N) is 2. The monoisotopic (exact) mass is 319 g/mol. The van der Waals surface area contributed by atoms with Crippen LogP contribution in [0.5, 0.6) is 5.75 Å². The maximum atomic E-state index is 12.0. The van der Waals surface area contributed by atoms with Crippen molar-refractivity contribution in [1.82, 2.24) is 15.3 Å². The van der Waals surface area contributed by atoms with E-state index in [-0.39, 0.29) is 12.5 Å². The van der Waals surface area contributed by atoms with Gasteiger partial charge in [-0.25, -0.2) is 0 Å². The molecule has 0 aliphatic heterocycles. The normalized spacial score (nSPS) is 10.0. The van der Waals surface area contributed by atoms with E-state index in [0.29, 0.717) is 18.7 Å². The van der Waals surface area contributed by atoms with Gasteiger partial charge in [0.05, 0.1) is 19.2 Å². The second-order valence-corrected chi connectivity index (χ2v) is 5.14. The molecule has 3 aromatic rings. The van der Waals surface area contributed by atoms with Crippen LogP contribution in [0.3, 0.4) is 0 Å². The number of fused-ring (bicyclic) bond motifs is 1. The number of H-pyrrole nitrogens is 1. The molecule has 0 atom stereocenters. The molecule has 120 valence electrons. The van der Waals surface area contributed by atoms with Crippen molar-refractivity contribution in [2.24, 2.45) is 0 Å². The van der Waals surface area contributed by atoms with Crippen LogP contribution >= 0.6 is 0 Å². The molecule has 0 saturated heterocycles.